The van der Waals surface area contributed by atoms with Gasteiger partial charge in [0.1, 0.15) is 5.75 Å². The van der Waals surface area contributed by atoms with Crippen molar-refractivity contribution in [2.75, 3.05) is 0 Å². The number of aryl methyl sites for hydroxylation is 1. The van der Waals surface area contributed by atoms with Gasteiger partial charge in [-0.1, -0.05) is 36.4 Å². The Morgan fingerprint density at radius 3 is 2.52 bits per heavy atom. The van der Waals surface area contributed by atoms with E-state index in [4.69, 9.17) is 4.74 Å². The van der Waals surface area contributed by atoms with Crippen LogP contribution in [0.4, 0.5) is 0 Å². The summed E-state index contributed by atoms with van der Waals surface area (Å²) in [5.41, 5.74) is 1.83. The molecule has 1 amide bonds. The van der Waals surface area contributed by atoms with Crippen molar-refractivity contribution in [3.05, 3.63) is 65.2 Å². The number of esters is 1. The number of rotatable bonds is 5. The minimum atomic E-state index is -0.922. The van der Waals surface area contributed by atoms with Crippen molar-refractivity contribution < 1.29 is 19.4 Å². The zero-order chi connectivity index (χ0) is 16.8. The highest BCUT2D eigenvalue weighted by atomic mass is 16.5. The van der Waals surface area contributed by atoms with Crippen molar-refractivity contribution in [2.24, 2.45) is 0 Å². The van der Waals surface area contributed by atoms with Crippen LogP contribution in [0.25, 0.3) is 0 Å². The molecule has 5 heteroatoms. The molecule has 0 radical (unpaired) electrons. The van der Waals surface area contributed by atoms with Crippen LogP contribution in [0.1, 0.15) is 28.4 Å². The van der Waals surface area contributed by atoms with Gasteiger partial charge in [-0.25, -0.2) is 4.79 Å². The van der Waals surface area contributed by atoms with Gasteiger partial charge in [-0.15, -0.1) is 0 Å². The average molecular weight is 313 g/mol. The third-order valence-corrected chi connectivity index (χ3v) is 3.41. The fourth-order valence-corrected chi connectivity index (χ4v) is 1.95. The van der Waals surface area contributed by atoms with E-state index in [1.807, 2.05) is 30.3 Å². The van der Waals surface area contributed by atoms with Gasteiger partial charge in [0.2, 0.25) is 0 Å². The number of carbonyl (C=O) groups excluding carboxylic acids is 2. The fourth-order valence-electron chi connectivity index (χ4n) is 1.95. The van der Waals surface area contributed by atoms with Crippen LogP contribution in [0.3, 0.4) is 0 Å². The molecule has 2 aromatic rings. The largest absolute Gasteiger partial charge is 0.508 e. The molecule has 23 heavy (non-hydrogen) atoms. The predicted molar refractivity (Wildman–Crippen MR) is 86.0 cm³/mol. The van der Waals surface area contributed by atoms with Gasteiger partial charge in [0.05, 0.1) is 5.56 Å². The summed E-state index contributed by atoms with van der Waals surface area (Å²) >= 11 is 0. The van der Waals surface area contributed by atoms with E-state index >= 15 is 0 Å². The summed E-state index contributed by atoms with van der Waals surface area (Å²) in [5.74, 6) is -1.01. The van der Waals surface area contributed by atoms with Crippen LogP contribution in [0.15, 0.2) is 48.5 Å². The quantitative estimate of drug-likeness (QED) is 0.832. The molecule has 0 aliphatic rings. The topological polar surface area (TPSA) is 75.6 Å². The molecule has 0 aromatic heterocycles. The molecule has 120 valence electrons. The van der Waals surface area contributed by atoms with Crippen molar-refractivity contribution in [1.29, 1.82) is 0 Å². The van der Waals surface area contributed by atoms with E-state index in [0.717, 1.165) is 5.56 Å². The molecule has 5 nitrogen and oxygen atoms in total. The average Bonchev–Trinajstić information content (AvgIpc) is 2.55. The molecular formula is C18H19NO4. The van der Waals surface area contributed by atoms with Crippen molar-refractivity contribution in [3.63, 3.8) is 0 Å². The molecule has 2 N–H and O–H groups in total. The molecule has 0 saturated carbocycles. The lowest BCUT2D eigenvalue weighted by atomic mass is 10.1. The first-order valence-electron chi connectivity index (χ1n) is 7.29. The monoisotopic (exact) mass is 313 g/mol. The highest BCUT2D eigenvalue weighted by molar-refractivity contribution is 5.92. The van der Waals surface area contributed by atoms with E-state index in [0.29, 0.717) is 12.1 Å². The van der Waals surface area contributed by atoms with Gasteiger partial charge in [0.15, 0.2) is 6.10 Å². The van der Waals surface area contributed by atoms with Crippen LogP contribution in [-0.2, 0) is 16.1 Å². The molecule has 0 aliphatic carbocycles. The highest BCUT2D eigenvalue weighted by Crippen LogP contribution is 2.18. The smallest absolute Gasteiger partial charge is 0.339 e. The third kappa shape index (κ3) is 4.57. The van der Waals surface area contributed by atoms with Gasteiger partial charge in [-0.3, -0.25) is 4.79 Å². The van der Waals surface area contributed by atoms with Crippen LogP contribution >= 0.6 is 0 Å². The van der Waals surface area contributed by atoms with E-state index in [2.05, 4.69) is 5.32 Å². The summed E-state index contributed by atoms with van der Waals surface area (Å²) in [7, 11) is 0. The predicted octanol–water partition coefficient (Wildman–Crippen LogP) is 2.56. The number of hydrogen-bond donors (Lipinski definition) is 2. The van der Waals surface area contributed by atoms with Gasteiger partial charge in [0.25, 0.3) is 5.91 Å². The second-order valence-electron chi connectivity index (χ2n) is 5.25. The van der Waals surface area contributed by atoms with E-state index in [-0.39, 0.29) is 17.2 Å². The van der Waals surface area contributed by atoms with Gasteiger partial charge < -0.3 is 15.2 Å². The van der Waals surface area contributed by atoms with Gasteiger partial charge in [0, 0.05) is 6.54 Å². The van der Waals surface area contributed by atoms with Crippen molar-refractivity contribution in [1.82, 2.24) is 5.32 Å². The molecule has 0 bridgehead atoms. The third-order valence-electron chi connectivity index (χ3n) is 3.41. The Balaban J connectivity index is 1.89. The maximum absolute atomic E-state index is 12.0. The minimum Gasteiger partial charge on any atom is -0.508 e. The lowest BCUT2D eigenvalue weighted by Gasteiger charge is -2.14. The molecule has 1 atom stereocenters. The number of amides is 1. The van der Waals surface area contributed by atoms with E-state index in [1.54, 1.807) is 19.1 Å². The number of phenols is 1. The molecule has 2 rings (SSSR count). The van der Waals surface area contributed by atoms with Gasteiger partial charge in [-0.2, -0.15) is 0 Å². The van der Waals surface area contributed by atoms with Crippen LogP contribution in [0, 0.1) is 6.92 Å². The van der Waals surface area contributed by atoms with Crippen LogP contribution in [0.2, 0.25) is 0 Å². The van der Waals surface area contributed by atoms with E-state index < -0.39 is 12.1 Å². The maximum atomic E-state index is 12.0. The Hall–Kier alpha value is -2.82. The summed E-state index contributed by atoms with van der Waals surface area (Å²) in [4.78, 5) is 24.0. The summed E-state index contributed by atoms with van der Waals surface area (Å²) in [6.07, 6.45) is -0.922. The first-order valence-corrected chi connectivity index (χ1v) is 7.29. The standard InChI is InChI=1S/C18H19NO4/c1-12-8-9-15(10-16(12)20)18(22)23-13(2)17(21)19-11-14-6-4-3-5-7-14/h3-10,13,20H,11H2,1-2H3,(H,19,21)/t13-/m0/s1. The minimum absolute atomic E-state index is 0.0145. The lowest BCUT2D eigenvalue weighted by molar-refractivity contribution is -0.129. The summed E-state index contributed by atoms with van der Waals surface area (Å²) in [6, 6.07) is 13.9. The Morgan fingerprint density at radius 2 is 1.87 bits per heavy atom. The molecule has 0 saturated heterocycles. The number of aromatic hydroxyl groups is 1. The normalized spacial score (nSPS) is 11.6. The first kappa shape index (κ1) is 16.5. The van der Waals surface area contributed by atoms with E-state index in [9.17, 15) is 14.7 Å². The number of hydrogen-bond acceptors (Lipinski definition) is 4. The maximum Gasteiger partial charge on any atom is 0.339 e. The van der Waals surface area contributed by atoms with Gasteiger partial charge in [-0.05, 0) is 37.1 Å². The van der Waals surface area contributed by atoms with Crippen molar-refractivity contribution in [2.45, 2.75) is 26.5 Å². The molecular weight excluding hydrogens is 294 g/mol. The molecule has 0 heterocycles. The van der Waals surface area contributed by atoms with Gasteiger partial charge >= 0.3 is 5.97 Å². The Labute approximate surface area is 134 Å². The SMILES string of the molecule is Cc1ccc(C(=O)O[C@@H](C)C(=O)NCc2ccccc2)cc1O. The number of nitrogens with one attached hydrogen (secondary N) is 1. The second-order valence-corrected chi connectivity index (χ2v) is 5.25. The first-order chi connectivity index (χ1) is 11.0. The number of benzene rings is 2. The zero-order valence-corrected chi connectivity index (χ0v) is 13.1. The Morgan fingerprint density at radius 1 is 1.17 bits per heavy atom. The Bertz CT molecular complexity index is 697. The number of ether oxygens (including phenoxy) is 1. The van der Waals surface area contributed by atoms with Crippen molar-refractivity contribution >= 4 is 11.9 Å². The molecule has 2 aromatic carbocycles. The molecule has 0 unspecified atom stereocenters. The number of phenolic OH excluding ortho intramolecular Hbond substituents is 1. The Kier molecular flexibility index (Phi) is 5.36. The van der Waals surface area contributed by atoms with E-state index in [1.165, 1.54) is 13.0 Å². The fraction of sp³-hybridized carbons (Fsp3) is 0.222. The van der Waals surface area contributed by atoms with Crippen molar-refractivity contribution in [3.8, 4) is 5.75 Å². The zero-order valence-electron chi connectivity index (χ0n) is 13.1. The number of carbonyl (C=O) groups is 2. The molecule has 0 aliphatic heterocycles. The summed E-state index contributed by atoms with van der Waals surface area (Å²) in [5, 5.41) is 12.3. The van der Waals surface area contributed by atoms with Crippen LogP contribution in [0.5, 0.6) is 5.75 Å². The molecule has 0 fully saturated rings. The lowest BCUT2D eigenvalue weighted by Crippen LogP contribution is -2.35. The van der Waals surface area contributed by atoms with Crippen LogP contribution < -0.4 is 5.32 Å². The highest BCUT2D eigenvalue weighted by Gasteiger charge is 2.19. The second kappa shape index (κ2) is 7.45. The molecule has 0 spiro atoms. The summed E-state index contributed by atoms with van der Waals surface area (Å²) in [6.45, 7) is 3.60. The van der Waals surface area contributed by atoms with Crippen LogP contribution in [-0.4, -0.2) is 23.1 Å². The summed E-state index contributed by atoms with van der Waals surface area (Å²) < 4.78 is 5.12.